The van der Waals surface area contributed by atoms with Crippen molar-refractivity contribution < 1.29 is 4.79 Å². The molecule has 2 aromatic heterocycles. The van der Waals surface area contributed by atoms with Gasteiger partial charge in [-0.3, -0.25) is 14.2 Å². The fourth-order valence-electron chi connectivity index (χ4n) is 2.53. The third-order valence-corrected chi connectivity index (χ3v) is 5.55. The second-order valence-corrected chi connectivity index (χ2v) is 7.42. The molecule has 5 nitrogen and oxygen atoms in total. The van der Waals surface area contributed by atoms with Crippen molar-refractivity contribution in [2.45, 2.75) is 33.2 Å². The van der Waals surface area contributed by atoms with Crippen LogP contribution in [0.15, 0.2) is 35.4 Å². The number of benzene rings is 1. The van der Waals surface area contributed by atoms with Gasteiger partial charge in [0.15, 0.2) is 0 Å². The van der Waals surface area contributed by atoms with Gasteiger partial charge in [0.2, 0.25) is 5.91 Å². The minimum Gasteiger partial charge on any atom is -0.324 e. The lowest BCUT2D eigenvalue weighted by atomic mass is 10.2. The zero-order valence-electron chi connectivity index (χ0n) is 14.2. The number of thiophene rings is 1. The van der Waals surface area contributed by atoms with Crippen molar-refractivity contribution in [2.24, 2.45) is 0 Å². The van der Waals surface area contributed by atoms with Crippen LogP contribution in [0.1, 0.15) is 30.3 Å². The van der Waals surface area contributed by atoms with Crippen molar-refractivity contribution in [1.29, 1.82) is 0 Å². The average Bonchev–Trinajstić information content (AvgIpc) is 3.02. The quantitative estimate of drug-likeness (QED) is 0.743. The lowest BCUT2D eigenvalue weighted by Gasteiger charge is -2.16. The van der Waals surface area contributed by atoms with E-state index < -0.39 is 6.04 Å². The van der Waals surface area contributed by atoms with Crippen molar-refractivity contribution in [3.63, 3.8) is 0 Å². The van der Waals surface area contributed by atoms with Gasteiger partial charge in [0.1, 0.15) is 10.9 Å². The van der Waals surface area contributed by atoms with Crippen LogP contribution in [0.5, 0.6) is 0 Å². The molecule has 25 heavy (non-hydrogen) atoms. The van der Waals surface area contributed by atoms with E-state index in [-0.39, 0.29) is 11.5 Å². The molecule has 0 aliphatic carbocycles. The predicted molar refractivity (Wildman–Crippen MR) is 103 cm³/mol. The SMILES string of the molecule is CCc1cc2c(=O)n([C@@H](C)C(=O)Nc3cc(Cl)ccc3C)cnc2s1. The van der Waals surface area contributed by atoms with Crippen molar-refractivity contribution in [3.8, 4) is 0 Å². The number of anilines is 1. The Kier molecular flexibility index (Phi) is 4.92. The van der Waals surface area contributed by atoms with Crippen LogP contribution in [-0.4, -0.2) is 15.5 Å². The van der Waals surface area contributed by atoms with E-state index in [2.05, 4.69) is 10.3 Å². The number of hydrogen-bond donors (Lipinski definition) is 1. The summed E-state index contributed by atoms with van der Waals surface area (Å²) in [5, 5.41) is 3.93. The second-order valence-electron chi connectivity index (χ2n) is 5.87. The fraction of sp³-hybridized carbons (Fsp3) is 0.278. The molecule has 0 spiro atoms. The van der Waals surface area contributed by atoms with Gasteiger partial charge in [-0.05, 0) is 44.0 Å². The zero-order valence-corrected chi connectivity index (χ0v) is 15.7. The van der Waals surface area contributed by atoms with E-state index in [1.54, 1.807) is 19.1 Å². The Morgan fingerprint density at radius 3 is 2.88 bits per heavy atom. The first-order valence-corrected chi connectivity index (χ1v) is 9.16. The van der Waals surface area contributed by atoms with Gasteiger partial charge in [0, 0.05) is 15.6 Å². The summed E-state index contributed by atoms with van der Waals surface area (Å²) in [7, 11) is 0. The summed E-state index contributed by atoms with van der Waals surface area (Å²) < 4.78 is 1.36. The molecule has 2 heterocycles. The van der Waals surface area contributed by atoms with Crippen molar-refractivity contribution in [3.05, 3.63) is 56.4 Å². The van der Waals surface area contributed by atoms with E-state index in [4.69, 9.17) is 11.6 Å². The summed E-state index contributed by atoms with van der Waals surface area (Å²) in [6.07, 6.45) is 2.29. The summed E-state index contributed by atoms with van der Waals surface area (Å²) in [5.74, 6) is -0.292. The summed E-state index contributed by atoms with van der Waals surface area (Å²) in [4.78, 5) is 31.4. The van der Waals surface area contributed by atoms with Crippen LogP contribution in [-0.2, 0) is 11.2 Å². The van der Waals surface area contributed by atoms with E-state index in [9.17, 15) is 9.59 Å². The smallest absolute Gasteiger partial charge is 0.262 e. The Balaban J connectivity index is 1.92. The molecule has 7 heteroatoms. The van der Waals surface area contributed by atoms with Gasteiger partial charge in [0.05, 0.1) is 11.7 Å². The molecule has 0 aliphatic heterocycles. The highest BCUT2D eigenvalue weighted by molar-refractivity contribution is 7.18. The van der Waals surface area contributed by atoms with Gasteiger partial charge in [-0.15, -0.1) is 11.3 Å². The molecule has 0 radical (unpaired) electrons. The highest BCUT2D eigenvalue weighted by Gasteiger charge is 2.19. The van der Waals surface area contributed by atoms with Crippen LogP contribution in [0.25, 0.3) is 10.2 Å². The number of nitrogens with zero attached hydrogens (tertiary/aromatic N) is 2. The number of amides is 1. The molecule has 3 rings (SSSR count). The number of hydrogen-bond acceptors (Lipinski definition) is 4. The summed E-state index contributed by atoms with van der Waals surface area (Å²) in [5.41, 5.74) is 1.33. The Hall–Kier alpha value is -2.18. The van der Waals surface area contributed by atoms with E-state index >= 15 is 0 Å². The molecule has 0 aliphatic rings. The van der Waals surface area contributed by atoms with Gasteiger partial charge in [-0.25, -0.2) is 4.98 Å². The van der Waals surface area contributed by atoms with Crippen LogP contribution >= 0.6 is 22.9 Å². The Labute approximate surface area is 154 Å². The first-order valence-electron chi connectivity index (χ1n) is 7.97. The van der Waals surface area contributed by atoms with Gasteiger partial charge < -0.3 is 5.32 Å². The Morgan fingerprint density at radius 2 is 2.16 bits per heavy atom. The summed E-state index contributed by atoms with van der Waals surface area (Å²) in [6, 6.07) is 6.46. The average molecular weight is 376 g/mol. The molecular weight excluding hydrogens is 358 g/mol. The maximum atomic E-state index is 12.7. The summed E-state index contributed by atoms with van der Waals surface area (Å²) in [6.45, 7) is 5.60. The molecule has 0 fully saturated rings. The van der Waals surface area contributed by atoms with Crippen LogP contribution in [0.4, 0.5) is 5.69 Å². The molecular formula is C18H18ClN3O2S. The largest absolute Gasteiger partial charge is 0.324 e. The highest BCUT2D eigenvalue weighted by Crippen LogP contribution is 2.23. The second kappa shape index (κ2) is 6.98. The van der Waals surface area contributed by atoms with Gasteiger partial charge in [-0.2, -0.15) is 0 Å². The maximum absolute atomic E-state index is 12.7. The zero-order chi connectivity index (χ0) is 18.1. The number of aryl methyl sites for hydroxylation is 2. The highest BCUT2D eigenvalue weighted by atomic mass is 35.5. The first kappa shape index (κ1) is 17.6. The molecule has 1 N–H and O–H groups in total. The van der Waals surface area contributed by atoms with Crippen molar-refractivity contribution in [2.75, 3.05) is 5.32 Å². The van der Waals surface area contributed by atoms with E-state index in [0.29, 0.717) is 20.9 Å². The number of nitrogens with one attached hydrogen (secondary N) is 1. The van der Waals surface area contributed by atoms with Gasteiger partial charge >= 0.3 is 0 Å². The number of fused-ring (bicyclic) bond motifs is 1. The van der Waals surface area contributed by atoms with Crippen LogP contribution in [0, 0.1) is 6.92 Å². The molecule has 0 bridgehead atoms. The summed E-state index contributed by atoms with van der Waals surface area (Å²) >= 11 is 7.49. The Morgan fingerprint density at radius 1 is 1.40 bits per heavy atom. The van der Waals surface area contributed by atoms with Crippen molar-refractivity contribution >= 4 is 44.7 Å². The third-order valence-electron chi connectivity index (χ3n) is 4.13. The molecule has 1 aromatic carbocycles. The molecule has 130 valence electrons. The van der Waals surface area contributed by atoms with Crippen LogP contribution in [0.2, 0.25) is 5.02 Å². The predicted octanol–water partition coefficient (Wildman–Crippen LogP) is 4.18. The number of carbonyl (C=O) groups is 1. The number of halogens is 1. The first-order chi connectivity index (χ1) is 11.9. The standard InChI is InChI=1S/C18H18ClN3O2S/c1-4-13-8-14-17(25-13)20-9-22(18(14)24)11(3)16(23)21-15-7-12(19)6-5-10(15)2/h5-9,11H,4H2,1-3H3,(H,21,23)/t11-/m0/s1. The molecule has 1 amide bonds. The number of aromatic nitrogens is 2. The lowest BCUT2D eigenvalue weighted by Crippen LogP contribution is -2.31. The molecule has 1 atom stereocenters. The monoisotopic (exact) mass is 375 g/mol. The lowest BCUT2D eigenvalue weighted by molar-refractivity contribution is -0.118. The van der Waals surface area contributed by atoms with Gasteiger partial charge in [0.25, 0.3) is 5.56 Å². The molecule has 0 unspecified atom stereocenters. The number of carbonyl (C=O) groups excluding carboxylic acids is 1. The maximum Gasteiger partial charge on any atom is 0.262 e. The topological polar surface area (TPSA) is 64.0 Å². The third kappa shape index (κ3) is 3.45. The molecule has 0 saturated heterocycles. The van der Waals surface area contributed by atoms with E-state index in [1.165, 1.54) is 22.2 Å². The van der Waals surface area contributed by atoms with E-state index in [1.807, 2.05) is 26.0 Å². The minimum absolute atomic E-state index is 0.202. The Bertz CT molecular complexity index is 1010. The minimum atomic E-state index is -0.687. The number of rotatable bonds is 4. The van der Waals surface area contributed by atoms with Gasteiger partial charge in [-0.1, -0.05) is 24.6 Å². The van der Waals surface area contributed by atoms with Crippen LogP contribution in [0.3, 0.4) is 0 Å². The van der Waals surface area contributed by atoms with E-state index in [0.717, 1.165) is 16.9 Å². The fourth-order valence-corrected chi connectivity index (χ4v) is 3.63. The van der Waals surface area contributed by atoms with Crippen LogP contribution < -0.4 is 10.9 Å². The normalized spacial score (nSPS) is 12.3. The van der Waals surface area contributed by atoms with Crippen molar-refractivity contribution in [1.82, 2.24) is 9.55 Å². The molecule has 0 saturated carbocycles. The molecule has 3 aromatic rings.